The Morgan fingerprint density at radius 1 is 1.58 bits per heavy atom. The van der Waals surface area contributed by atoms with Gasteiger partial charge in [0, 0.05) is 13.1 Å². The Balaban J connectivity index is 3.14. The molecule has 12 heavy (non-hydrogen) atoms. The number of nitrogens with one attached hydrogen (secondary N) is 1. The number of amides is 1. The van der Waals surface area contributed by atoms with Crippen molar-refractivity contribution in [3.8, 4) is 0 Å². The van der Waals surface area contributed by atoms with Crippen molar-refractivity contribution in [1.82, 2.24) is 5.32 Å². The van der Waals surface area contributed by atoms with E-state index in [1.165, 1.54) is 0 Å². The van der Waals surface area contributed by atoms with Gasteiger partial charge in [-0.1, -0.05) is 0 Å². The molecule has 0 saturated heterocycles. The largest absolute Gasteiger partial charge is 0.395 e. The van der Waals surface area contributed by atoms with Crippen LogP contribution >= 0.6 is 0 Å². The Morgan fingerprint density at radius 3 is 2.75 bits per heavy atom. The van der Waals surface area contributed by atoms with Crippen molar-refractivity contribution in [3.63, 3.8) is 0 Å². The molecule has 0 bridgehead atoms. The molecule has 1 unspecified atom stereocenters. The van der Waals surface area contributed by atoms with E-state index in [0.29, 0.717) is 19.7 Å². The molecule has 1 atom stereocenters. The number of rotatable bonds is 7. The van der Waals surface area contributed by atoms with E-state index in [2.05, 4.69) is 5.32 Å². The number of ether oxygens (including phenoxy) is 1. The molecule has 0 aliphatic rings. The predicted octanol–water partition coefficient (Wildman–Crippen LogP) is -2.64. The molecule has 0 aromatic carbocycles. The van der Waals surface area contributed by atoms with Gasteiger partial charge in [-0.05, 0) is 0 Å². The van der Waals surface area contributed by atoms with Crippen LogP contribution < -0.4 is 16.8 Å². The van der Waals surface area contributed by atoms with Gasteiger partial charge in [-0.25, -0.2) is 0 Å². The standard InChI is InChI=1S/C6H15N3O3/c7-5(11)6(8)12-4-2-9-1-3-10/h6,9-10H,1-4,8H2,(H2,7,11). The van der Waals surface area contributed by atoms with Crippen LogP contribution in [0.25, 0.3) is 0 Å². The van der Waals surface area contributed by atoms with Gasteiger partial charge < -0.3 is 20.9 Å². The first-order valence-corrected chi connectivity index (χ1v) is 3.66. The molecule has 6 N–H and O–H groups in total. The summed E-state index contributed by atoms with van der Waals surface area (Å²) in [6.07, 6.45) is -1.04. The van der Waals surface area contributed by atoms with Crippen LogP contribution in [0.3, 0.4) is 0 Å². The van der Waals surface area contributed by atoms with E-state index in [1.54, 1.807) is 0 Å². The maximum Gasteiger partial charge on any atom is 0.261 e. The molecular formula is C6H15N3O3. The third kappa shape index (κ3) is 6.05. The maximum atomic E-state index is 10.3. The van der Waals surface area contributed by atoms with Gasteiger partial charge in [0.05, 0.1) is 13.2 Å². The minimum absolute atomic E-state index is 0.0713. The highest BCUT2D eigenvalue weighted by molar-refractivity contribution is 5.78. The second-order valence-electron chi connectivity index (χ2n) is 2.17. The average molecular weight is 177 g/mol. The highest BCUT2D eigenvalue weighted by Gasteiger charge is 2.07. The second kappa shape index (κ2) is 6.99. The Hall–Kier alpha value is -0.690. The number of primary amides is 1. The Labute approximate surface area is 70.9 Å². The highest BCUT2D eigenvalue weighted by atomic mass is 16.5. The fraction of sp³-hybridized carbons (Fsp3) is 0.833. The second-order valence-corrected chi connectivity index (χ2v) is 2.17. The van der Waals surface area contributed by atoms with E-state index in [4.69, 9.17) is 21.3 Å². The number of aliphatic hydroxyl groups excluding tert-OH is 1. The van der Waals surface area contributed by atoms with Crippen molar-refractivity contribution in [3.05, 3.63) is 0 Å². The first-order valence-electron chi connectivity index (χ1n) is 3.66. The van der Waals surface area contributed by atoms with E-state index in [1.807, 2.05) is 0 Å². The Morgan fingerprint density at radius 2 is 2.25 bits per heavy atom. The number of hydrogen-bond acceptors (Lipinski definition) is 5. The quantitative estimate of drug-likeness (QED) is 0.251. The van der Waals surface area contributed by atoms with E-state index < -0.39 is 12.1 Å². The molecular weight excluding hydrogens is 162 g/mol. The number of carbonyl (C=O) groups excluding carboxylic acids is 1. The smallest absolute Gasteiger partial charge is 0.261 e. The van der Waals surface area contributed by atoms with Crippen LogP contribution in [0, 0.1) is 0 Å². The summed E-state index contributed by atoms with van der Waals surface area (Å²) >= 11 is 0. The van der Waals surface area contributed by atoms with Gasteiger partial charge in [0.25, 0.3) is 5.91 Å². The summed E-state index contributed by atoms with van der Waals surface area (Å²) in [6.45, 7) is 1.39. The molecule has 1 amide bonds. The van der Waals surface area contributed by atoms with Crippen LogP contribution in [-0.2, 0) is 9.53 Å². The summed E-state index contributed by atoms with van der Waals surface area (Å²) in [5, 5.41) is 11.2. The van der Waals surface area contributed by atoms with Crippen LogP contribution in [0.5, 0.6) is 0 Å². The minimum atomic E-state index is -1.04. The van der Waals surface area contributed by atoms with Gasteiger partial charge in [-0.15, -0.1) is 0 Å². The van der Waals surface area contributed by atoms with Gasteiger partial charge in [0.15, 0.2) is 6.23 Å². The van der Waals surface area contributed by atoms with E-state index >= 15 is 0 Å². The normalized spacial score (nSPS) is 12.8. The zero-order chi connectivity index (χ0) is 9.40. The molecule has 0 aromatic heterocycles. The molecule has 72 valence electrons. The lowest BCUT2D eigenvalue weighted by Crippen LogP contribution is -2.40. The fourth-order valence-corrected chi connectivity index (χ4v) is 0.544. The zero-order valence-electron chi connectivity index (χ0n) is 6.82. The fourth-order valence-electron chi connectivity index (χ4n) is 0.544. The third-order valence-corrected chi connectivity index (χ3v) is 1.15. The summed E-state index contributed by atoms with van der Waals surface area (Å²) in [5.41, 5.74) is 9.98. The van der Waals surface area contributed by atoms with E-state index in [0.717, 1.165) is 0 Å². The molecule has 0 spiro atoms. The number of aliphatic hydroxyl groups is 1. The van der Waals surface area contributed by atoms with E-state index in [9.17, 15) is 4.79 Å². The third-order valence-electron chi connectivity index (χ3n) is 1.15. The predicted molar refractivity (Wildman–Crippen MR) is 43.1 cm³/mol. The molecule has 0 aliphatic carbocycles. The molecule has 0 aromatic rings. The first kappa shape index (κ1) is 11.3. The average Bonchev–Trinajstić information content (AvgIpc) is 2.03. The maximum absolute atomic E-state index is 10.3. The molecule has 0 aliphatic heterocycles. The zero-order valence-corrected chi connectivity index (χ0v) is 6.82. The molecule has 6 nitrogen and oxygen atoms in total. The topological polar surface area (TPSA) is 111 Å². The molecule has 6 heteroatoms. The van der Waals surface area contributed by atoms with Gasteiger partial charge in [-0.2, -0.15) is 0 Å². The lowest BCUT2D eigenvalue weighted by molar-refractivity contribution is -0.129. The van der Waals surface area contributed by atoms with Crippen molar-refractivity contribution < 1.29 is 14.6 Å². The van der Waals surface area contributed by atoms with Crippen LogP contribution in [0.1, 0.15) is 0 Å². The summed E-state index contributed by atoms with van der Waals surface area (Å²) < 4.78 is 4.81. The summed E-state index contributed by atoms with van der Waals surface area (Å²) in [4.78, 5) is 10.3. The van der Waals surface area contributed by atoms with Crippen LogP contribution in [0.15, 0.2) is 0 Å². The SMILES string of the molecule is NC(=O)C(N)OCCNCCO. The van der Waals surface area contributed by atoms with E-state index in [-0.39, 0.29) is 6.61 Å². The van der Waals surface area contributed by atoms with Crippen molar-refractivity contribution >= 4 is 5.91 Å². The van der Waals surface area contributed by atoms with Gasteiger partial charge in [-0.3, -0.25) is 10.5 Å². The van der Waals surface area contributed by atoms with Crippen molar-refractivity contribution in [2.75, 3.05) is 26.3 Å². The molecule has 0 fully saturated rings. The summed E-state index contributed by atoms with van der Waals surface area (Å²) in [5.74, 6) is -0.683. The van der Waals surface area contributed by atoms with Crippen molar-refractivity contribution in [2.24, 2.45) is 11.5 Å². The first-order chi connectivity index (χ1) is 5.68. The highest BCUT2D eigenvalue weighted by Crippen LogP contribution is 1.79. The molecule has 0 radical (unpaired) electrons. The van der Waals surface area contributed by atoms with Crippen LogP contribution in [0.2, 0.25) is 0 Å². The van der Waals surface area contributed by atoms with Gasteiger partial charge in [0.2, 0.25) is 0 Å². The number of nitrogens with two attached hydrogens (primary N) is 2. The summed E-state index contributed by atoms with van der Waals surface area (Å²) in [6, 6.07) is 0. The van der Waals surface area contributed by atoms with Crippen molar-refractivity contribution in [2.45, 2.75) is 6.23 Å². The summed E-state index contributed by atoms with van der Waals surface area (Å²) in [7, 11) is 0. The monoisotopic (exact) mass is 177 g/mol. The minimum Gasteiger partial charge on any atom is -0.395 e. The van der Waals surface area contributed by atoms with Gasteiger partial charge in [0.1, 0.15) is 0 Å². The molecule has 0 rings (SSSR count). The molecule has 0 saturated carbocycles. The lowest BCUT2D eigenvalue weighted by Gasteiger charge is -2.08. The lowest BCUT2D eigenvalue weighted by atomic mass is 10.5. The van der Waals surface area contributed by atoms with Crippen LogP contribution in [0.4, 0.5) is 0 Å². The van der Waals surface area contributed by atoms with Gasteiger partial charge >= 0.3 is 0 Å². The Bertz CT molecular complexity index is 131. The molecule has 0 heterocycles. The number of carbonyl (C=O) groups is 1. The Kier molecular flexibility index (Phi) is 6.58. The van der Waals surface area contributed by atoms with Crippen LogP contribution in [-0.4, -0.2) is 43.5 Å². The number of hydrogen-bond donors (Lipinski definition) is 4. The van der Waals surface area contributed by atoms with Crippen molar-refractivity contribution in [1.29, 1.82) is 0 Å².